The molecule has 2 aliphatic rings. The van der Waals surface area contributed by atoms with Crippen LogP contribution < -0.4 is 4.74 Å². The number of nitrogens with zero attached hydrogens (tertiary/aromatic N) is 3. The quantitative estimate of drug-likeness (QED) is 0.588. The van der Waals surface area contributed by atoms with E-state index in [2.05, 4.69) is 4.90 Å². The molecule has 2 aliphatic heterocycles. The molecule has 0 bridgehead atoms. The molecule has 1 atom stereocenters. The van der Waals surface area contributed by atoms with Gasteiger partial charge in [0.1, 0.15) is 5.75 Å². The minimum Gasteiger partial charge on any atom is -0.484 e. The third-order valence-electron chi connectivity index (χ3n) is 4.77. The number of nitro benzene ring substituents is 1. The van der Waals surface area contributed by atoms with E-state index in [9.17, 15) is 14.9 Å². The van der Waals surface area contributed by atoms with Crippen molar-refractivity contribution in [2.24, 2.45) is 0 Å². The molecule has 1 aromatic carbocycles. The Labute approximate surface area is 141 Å². The first-order chi connectivity index (χ1) is 11.6. The maximum atomic E-state index is 12.5. The lowest BCUT2D eigenvalue weighted by molar-refractivity contribution is -0.384. The van der Waals surface area contributed by atoms with Crippen LogP contribution in [0.2, 0.25) is 0 Å². The van der Waals surface area contributed by atoms with Crippen LogP contribution >= 0.6 is 0 Å². The Morgan fingerprint density at radius 2 is 1.88 bits per heavy atom. The van der Waals surface area contributed by atoms with Gasteiger partial charge in [0.15, 0.2) is 6.61 Å². The maximum Gasteiger partial charge on any atom is 0.269 e. The number of non-ortho nitro benzene ring substituents is 1. The van der Waals surface area contributed by atoms with Crippen LogP contribution in [0, 0.1) is 10.1 Å². The Kier molecular flexibility index (Phi) is 5.30. The topological polar surface area (TPSA) is 75.9 Å². The molecule has 130 valence electrons. The molecule has 1 unspecified atom stereocenters. The van der Waals surface area contributed by atoms with Gasteiger partial charge in [-0.1, -0.05) is 0 Å². The maximum absolute atomic E-state index is 12.5. The third-order valence-corrected chi connectivity index (χ3v) is 4.77. The number of nitro groups is 1. The summed E-state index contributed by atoms with van der Waals surface area (Å²) in [5.41, 5.74) is 0.0129. The van der Waals surface area contributed by atoms with Crippen LogP contribution in [0.1, 0.15) is 25.7 Å². The highest BCUT2D eigenvalue weighted by Gasteiger charge is 2.30. The lowest BCUT2D eigenvalue weighted by atomic mass is 10.2. The molecule has 3 rings (SSSR count). The predicted octanol–water partition coefficient (Wildman–Crippen LogP) is 2.06. The Morgan fingerprint density at radius 3 is 2.54 bits per heavy atom. The van der Waals surface area contributed by atoms with Crippen LogP contribution in [-0.2, 0) is 4.79 Å². The molecule has 0 N–H and O–H groups in total. The first-order valence-electron chi connectivity index (χ1n) is 8.52. The lowest BCUT2D eigenvalue weighted by Gasteiger charge is -2.28. The second kappa shape index (κ2) is 7.61. The summed E-state index contributed by atoms with van der Waals surface area (Å²) in [6.45, 7) is 4.01. The van der Waals surface area contributed by atoms with Gasteiger partial charge in [0.05, 0.1) is 4.92 Å². The van der Waals surface area contributed by atoms with E-state index in [4.69, 9.17) is 4.74 Å². The van der Waals surface area contributed by atoms with Gasteiger partial charge < -0.3 is 14.5 Å². The number of rotatable bonds is 6. The van der Waals surface area contributed by atoms with Crippen molar-refractivity contribution >= 4 is 11.6 Å². The zero-order chi connectivity index (χ0) is 16.9. The summed E-state index contributed by atoms with van der Waals surface area (Å²) >= 11 is 0. The van der Waals surface area contributed by atoms with E-state index in [0.29, 0.717) is 5.75 Å². The van der Waals surface area contributed by atoms with Crippen LogP contribution in [0.25, 0.3) is 0 Å². The van der Waals surface area contributed by atoms with Crippen molar-refractivity contribution in [1.29, 1.82) is 0 Å². The van der Waals surface area contributed by atoms with E-state index in [1.165, 1.54) is 37.1 Å². The van der Waals surface area contributed by atoms with Gasteiger partial charge in [0.25, 0.3) is 11.6 Å². The van der Waals surface area contributed by atoms with Gasteiger partial charge >= 0.3 is 0 Å². The highest BCUT2D eigenvalue weighted by molar-refractivity contribution is 5.78. The minimum atomic E-state index is -0.456. The molecule has 0 spiro atoms. The summed E-state index contributed by atoms with van der Waals surface area (Å²) in [5.74, 6) is 0.472. The van der Waals surface area contributed by atoms with Crippen molar-refractivity contribution in [1.82, 2.24) is 9.80 Å². The summed E-state index contributed by atoms with van der Waals surface area (Å²) in [6, 6.07) is 6.10. The first-order valence-corrected chi connectivity index (χ1v) is 8.52. The minimum absolute atomic E-state index is 0.00458. The molecule has 0 saturated carbocycles. The van der Waals surface area contributed by atoms with E-state index < -0.39 is 4.92 Å². The number of hydrogen-bond acceptors (Lipinski definition) is 5. The average Bonchev–Trinajstić information content (AvgIpc) is 3.25. The first kappa shape index (κ1) is 16.7. The predicted molar refractivity (Wildman–Crippen MR) is 89.0 cm³/mol. The standard InChI is InChI=1S/C17H23N3O4/c21-17(13-24-16-7-5-14(6-8-16)20(22)23)19-11-3-4-15(19)12-18-9-1-2-10-18/h5-8,15H,1-4,9-13H2. The number of ether oxygens (including phenoxy) is 1. The fourth-order valence-corrected chi connectivity index (χ4v) is 3.51. The summed E-state index contributed by atoms with van der Waals surface area (Å²) in [6.07, 6.45) is 4.61. The molecule has 2 heterocycles. The zero-order valence-electron chi connectivity index (χ0n) is 13.7. The summed E-state index contributed by atoms with van der Waals surface area (Å²) < 4.78 is 5.51. The highest BCUT2D eigenvalue weighted by Crippen LogP contribution is 2.21. The van der Waals surface area contributed by atoms with Crippen LogP contribution in [0.3, 0.4) is 0 Å². The van der Waals surface area contributed by atoms with Gasteiger partial charge in [-0.2, -0.15) is 0 Å². The van der Waals surface area contributed by atoms with Gasteiger partial charge in [0.2, 0.25) is 0 Å². The number of likely N-dealkylation sites (tertiary alicyclic amines) is 2. The van der Waals surface area contributed by atoms with Gasteiger partial charge in [-0.25, -0.2) is 0 Å². The van der Waals surface area contributed by atoms with E-state index in [0.717, 1.165) is 39.0 Å². The number of carbonyl (C=O) groups is 1. The molecule has 1 amide bonds. The monoisotopic (exact) mass is 333 g/mol. The summed E-state index contributed by atoms with van der Waals surface area (Å²) in [5, 5.41) is 10.6. The van der Waals surface area contributed by atoms with E-state index in [1.807, 2.05) is 4.90 Å². The molecule has 0 aliphatic carbocycles. The van der Waals surface area contributed by atoms with E-state index in [1.54, 1.807) is 0 Å². The Hall–Kier alpha value is -2.15. The molecule has 1 aromatic rings. The van der Waals surface area contributed by atoms with Crippen molar-refractivity contribution in [3.05, 3.63) is 34.4 Å². The smallest absolute Gasteiger partial charge is 0.269 e. The Morgan fingerprint density at radius 1 is 1.17 bits per heavy atom. The Balaban J connectivity index is 1.50. The normalized spacial score (nSPS) is 21.2. The Bertz CT molecular complexity index is 584. The fourth-order valence-electron chi connectivity index (χ4n) is 3.51. The van der Waals surface area contributed by atoms with Gasteiger partial charge in [-0.3, -0.25) is 14.9 Å². The third kappa shape index (κ3) is 4.03. The van der Waals surface area contributed by atoms with Crippen molar-refractivity contribution in [2.45, 2.75) is 31.7 Å². The molecule has 2 saturated heterocycles. The van der Waals surface area contributed by atoms with Crippen LogP contribution in [-0.4, -0.2) is 59.5 Å². The van der Waals surface area contributed by atoms with E-state index >= 15 is 0 Å². The molecule has 7 heteroatoms. The molecular formula is C17H23N3O4. The zero-order valence-corrected chi connectivity index (χ0v) is 13.7. The molecule has 0 aromatic heterocycles. The van der Waals surface area contributed by atoms with Gasteiger partial charge in [-0.05, 0) is 50.9 Å². The van der Waals surface area contributed by atoms with Crippen molar-refractivity contribution in [3.63, 3.8) is 0 Å². The fraction of sp³-hybridized carbons (Fsp3) is 0.588. The number of benzene rings is 1. The SMILES string of the molecule is O=C(COc1ccc([N+](=O)[O-])cc1)N1CCCC1CN1CCCC1. The van der Waals surface area contributed by atoms with Crippen LogP contribution in [0.5, 0.6) is 5.75 Å². The molecular weight excluding hydrogens is 310 g/mol. The second-order valence-corrected chi connectivity index (χ2v) is 6.43. The summed E-state index contributed by atoms with van der Waals surface area (Å²) in [4.78, 5) is 27.0. The molecule has 7 nitrogen and oxygen atoms in total. The van der Waals surface area contributed by atoms with Crippen LogP contribution in [0.4, 0.5) is 5.69 Å². The van der Waals surface area contributed by atoms with E-state index in [-0.39, 0.29) is 24.2 Å². The molecule has 0 radical (unpaired) electrons. The summed E-state index contributed by atoms with van der Waals surface area (Å²) in [7, 11) is 0. The van der Waals surface area contributed by atoms with Crippen molar-refractivity contribution in [2.75, 3.05) is 32.8 Å². The number of amides is 1. The van der Waals surface area contributed by atoms with Crippen molar-refractivity contribution in [3.8, 4) is 5.75 Å². The largest absolute Gasteiger partial charge is 0.484 e. The van der Waals surface area contributed by atoms with Crippen molar-refractivity contribution < 1.29 is 14.5 Å². The van der Waals surface area contributed by atoms with Gasteiger partial charge in [0, 0.05) is 31.3 Å². The molecule has 24 heavy (non-hydrogen) atoms. The average molecular weight is 333 g/mol. The van der Waals surface area contributed by atoms with Gasteiger partial charge in [-0.15, -0.1) is 0 Å². The van der Waals surface area contributed by atoms with Crippen LogP contribution in [0.15, 0.2) is 24.3 Å². The number of carbonyl (C=O) groups excluding carboxylic acids is 1. The number of hydrogen-bond donors (Lipinski definition) is 0. The highest BCUT2D eigenvalue weighted by atomic mass is 16.6. The lowest BCUT2D eigenvalue weighted by Crippen LogP contribution is -2.44. The molecule has 2 fully saturated rings. The second-order valence-electron chi connectivity index (χ2n) is 6.43.